The Kier molecular flexibility index (Phi) is 4.91. The van der Waals surface area contributed by atoms with Gasteiger partial charge in [-0.05, 0) is 13.3 Å². The van der Waals surface area contributed by atoms with E-state index >= 15 is 0 Å². The van der Waals surface area contributed by atoms with Crippen molar-refractivity contribution in [2.75, 3.05) is 0 Å². The summed E-state index contributed by atoms with van der Waals surface area (Å²) in [7, 11) is 0. The zero-order valence-electron chi connectivity index (χ0n) is 10.0. The summed E-state index contributed by atoms with van der Waals surface area (Å²) >= 11 is 0. The van der Waals surface area contributed by atoms with Crippen molar-refractivity contribution in [3.63, 3.8) is 0 Å². The fraction of sp³-hybridized carbons (Fsp3) is 0.364. The molecule has 1 rings (SSSR count). The fourth-order valence-corrected chi connectivity index (χ4v) is 1.37. The Bertz CT molecular complexity index is 416. The first kappa shape index (κ1) is 13.8. The number of carboxylic acids is 1. The van der Waals surface area contributed by atoms with Crippen molar-refractivity contribution in [1.29, 1.82) is 0 Å². The molecule has 0 bridgehead atoms. The number of hydrogen-bond donors (Lipinski definition) is 4. The van der Waals surface area contributed by atoms with Gasteiger partial charge in [0.15, 0.2) is 0 Å². The van der Waals surface area contributed by atoms with Gasteiger partial charge >= 0.3 is 12.0 Å². The molecule has 0 aliphatic rings. The molecule has 2 atom stereocenters. The molecule has 7 nitrogen and oxygen atoms in total. The molecule has 0 radical (unpaired) electrons. The molecule has 0 saturated heterocycles. The zero-order valence-corrected chi connectivity index (χ0v) is 10.0. The van der Waals surface area contributed by atoms with Crippen LogP contribution in [0.1, 0.15) is 24.9 Å². The minimum absolute atomic E-state index is 0.169. The number of amides is 2. The lowest BCUT2D eigenvalue weighted by atomic mass is 10.2. The van der Waals surface area contributed by atoms with E-state index in [0.717, 1.165) is 5.56 Å². The van der Waals surface area contributed by atoms with Gasteiger partial charge in [0.25, 0.3) is 0 Å². The largest absolute Gasteiger partial charge is 0.480 e. The average Bonchev–Trinajstić information content (AvgIpc) is 2.81. The molecule has 1 aromatic rings. The van der Waals surface area contributed by atoms with Crippen LogP contribution < -0.4 is 10.6 Å². The second-order valence-corrected chi connectivity index (χ2v) is 3.79. The first-order chi connectivity index (χ1) is 8.54. The van der Waals surface area contributed by atoms with Crippen LogP contribution >= 0.6 is 0 Å². The standard InChI is InChI=1S/C11H16N4O3/c1-3-4-9(10(16)17)15-11(18)14-7(2)8-5-12-13-6-8/h3,5-7,9H,1,4H2,2H3,(H,12,13)(H,16,17)(H2,14,15,18). The first-order valence-electron chi connectivity index (χ1n) is 5.44. The van der Waals surface area contributed by atoms with Crippen LogP contribution in [0.2, 0.25) is 0 Å². The Morgan fingerprint density at radius 3 is 2.83 bits per heavy atom. The molecule has 7 heteroatoms. The van der Waals surface area contributed by atoms with Crippen molar-refractivity contribution in [2.24, 2.45) is 0 Å². The molecule has 0 aromatic carbocycles. The van der Waals surface area contributed by atoms with E-state index in [1.807, 2.05) is 0 Å². The second kappa shape index (κ2) is 6.43. The fourth-order valence-electron chi connectivity index (χ4n) is 1.37. The smallest absolute Gasteiger partial charge is 0.326 e. The van der Waals surface area contributed by atoms with Crippen molar-refractivity contribution in [3.05, 3.63) is 30.6 Å². The van der Waals surface area contributed by atoms with Crippen LogP contribution in [-0.4, -0.2) is 33.3 Å². The van der Waals surface area contributed by atoms with Crippen molar-refractivity contribution >= 4 is 12.0 Å². The molecule has 0 aliphatic heterocycles. The molecule has 0 aliphatic carbocycles. The molecule has 2 unspecified atom stereocenters. The average molecular weight is 252 g/mol. The van der Waals surface area contributed by atoms with Crippen LogP contribution in [0.15, 0.2) is 25.0 Å². The van der Waals surface area contributed by atoms with Gasteiger partial charge < -0.3 is 15.7 Å². The number of rotatable bonds is 6. The number of urea groups is 1. The van der Waals surface area contributed by atoms with E-state index in [1.54, 1.807) is 19.3 Å². The summed E-state index contributed by atoms with van der Waals surface area (Å²) in [6.07, 6.45) is 4.86. The van der Waals surface area contributed by atoms with Crippen LogP contribution in [0.25, 0.3) is 0 Å². The summed E-state index contributed by atoms with van der Waals surface area (Å²) in [6.45, 7) is 5.22. The molecule has 0 fully saturated rings. The highest BCUT2D eigenvalue weighted by molar-refractivity contribution is 5.82. The van der Waals surface area contributed by atoms with E-state index in [0.29, 0.717) is 0 Å². The lowest BCUT2D eigenvalue weighted by molar-refractivity contribution is -0.139. The monoisotopic (exact) mass is 252 g/mol. The minimum Gasteiger partial charge on any atom is -0.480 e. The second-order valence-electron chi connectivity index (χ2n) is 3.79. The van der Waals surface area contributed by atoms with Gasteiger partial charge in [0, 0.05) is 11.8 Å². The van der Waals surface area contributed by atoms with Gasteiger partial charge in [0.1, 0.15) is 6.04 Å². The van der Waals surface area contributed by atoms with Crippen LogP contribution in [-0.2, 0) is 4.79 Å². The zero-order chi connectivity index (χ0) is 13.5. The summed E-state index contributed by atoms with van der Waals surface area (Å²) in [4.78, 5) is 22.4. The highest BCUT2D eigenvalue weighted by atomic mass is 16.4. The molecule has 98 valence electrons. The normalized spacial score (nSPS) is 13.4. The highest BCUT2D eigenvalue weighted by Gasteiger charge is 2.19. The van der Waals surface area contributed by atoms with E-state index in [2.05, 4.69) is 27.4 Å². The van der Waals surface area contributed by atoms with Gasteiger partial charge in [0.2, 0.25) is 0 Å². The van der Waals surface area contributed by atoms with Crippen LogP contribution in [0.4, 0.5) is 4.79 Å². The van der Waals surface area contributed by atoms with Gasteiger partial charge in [-0.2, -0.15) is 5.10 Å². The topological polar surface area (TPSA) is 107 Å². The number of aromatic nitrogens is 2. The van der Waals surface area contributed by atoms with Gasteiger partial charge in [-0.1, -0.05) is 6.08 Å². The SMILES string of the molecule is C=CCC(NC(=O)NC(C)c1cn[nH]c1)C(=O)O. The first-order valence-corrected chi connectivity index (χ1v) is 5.44. The van der Waals surface area contributed by atoms with E-state index in [-0.39, 0.29) is 12.5 Å². The number of carbonyl (C=O) groups excluding carboxylic acids is 1. The van der Waals surface area contributed by atoms with Gasteiger partial charge in [-0.25, -0.2) is 9.59 Å². The predicted octanol–water partition coefficient (Wildman–Crippen LogP) is 0.799. The number of aliphatic carboxylic acids is 1. The summed E-state index contributed by atoms with van der Waals surface area (Å²) in [6, 6.07) is -1.78. The van der Waals surface area contributed by atoms with E-state index in [1.165, 1.54) is 6.08 Å². The Balaban J connectivity index is 2.50. The molecule has 0 saturated carbocycles. The Hall–Kier alpha value is -2.31. The summed E-state index contributed by atoms with van der Waals surface area (Å²) in [5.74, 6) is -1.10. The lowest BCUT2D eigenvalue weighted by Gasteiger charge is -2.16. The number of H-pyrrole nitrogens is 1. The third kappa shape index (κ3) is 3.93. The molecule has 0 spiro atoms. The molecular formula is C11H16N4O3. The Labute approximate surface area is 104 Å². The third-order valence-electron chi connectivity index (χ3n) is 2.37. The lowest BCUT2D eigenvalue weighted by Crippen LogP contribution is -2.46. The highest BCUT2D eigenvalue weighted by Crippen LogP contribution is 2.08. The maximum absolute atomic E-state index is 11.6. The number of hydrogen-bond acceptors (Lipinski definition) is 3. The number of nitrogens with zero attached hydrogens (tertiary/aromatic N) is 1. The van der Waals surface area contributed by atoms with Crippen molar-refractivity contribution in [3.8, 4) is 0 Å². The van der Waals surface area contributed by atoms with E-state index in [9.17, 15) is 9.59 Å². The number of aromatic amines is 1. The number of carbonyl (C=O) groups is 2. The molecule has 1 heterocycles. The number of nitrogens with one attached hydrogen (secondary N) is 3. The third-order valence-corrected chi connectivity index (χ3v) is 2.37. The molecule has 18 heavy (non-hydrogen) atoms. The minimum atomic E-state index is -1.10. The quantitative estimate of drug-likeness (QED) is 0.562. The molecule has 2 amide bonds. The maximum atomic E-state index is 11.6. The van der Waals surface area contributed by atoms with Crippen molar-refractivity contribution < 1.29 is 14.7 Å². The Morgan fingerprint density at radius 1 is 1.61 bits per heavy atom. The van der Waals surface area contributed by atoms with Crippen molar-refractivity contribution in [2.45, 2.75) is 25.4 Å². The van der Waals surface area contributed by atoms with Crippen molar-refractivity contribution in [1.82, 2.24) is 20.8 Å². The van der Waals surface area contributed by atoms with Gasteiger partial charge in [-0.3, -0.25) is 5.10 Å². The maximum Gasteiger partial charge on any atom is 0.326 e. The predicted molar refractivity (Wildman–Crippen MR) is 64.9 cm³/mol. The molecule has 4 N–H and O–H groups in total. The molecular weight excluding hydrogens is 236 g/mol. The van der Waals surface area contributed by atoms with E-state index < -0.39 is 18.0 Å². The van der Waals surface area contributed by atoms with Crippen LogP contribution in [0.5, 0.6) is 0 Å². The summed E-state index contributed by atoms with van der Waals surface area (Å²) < 4.78 is 0. The van der Waals surface area contributed by atoms with E-state index in [4.69, 9.17) is 5.11 Å². The van der Waals surface area contributed by atoms with Crippen LogP contribution in [0.3, 0.4) is 0 Å². The molecule has 1 aromatic heterocycles. The number of carboxylic acid groups (broad SMARTS) is 1. The van der Waals surface area contributed by atoms with Gasteiger partial charge in [-0.15, -0.1) is 6.58 Å². The Morgan fingerprint density at radius 2 is 2.33 bits per heavy atom. The summed E-state index contributed by atoms with van der Waals surface area (Å²) in [5, 5.41) is 20.2. The summed E-state index contributed by atoms with van der Waals surface area (Å²) in [5.41, 5.74) is 0.806. The van der Waals surface area contributed by atoms with Crippen LogP contribution in [0, 0.1) is 0 Å². The van der Waals surface area contributed by atoms with Gasteiger partial charge in [0.05, 0.1) is 12.2 Å².